The van der Waals surface area contributed by atoms with Gasteiger partial charge in [0.25, 0.3) is 0 Å². The molecular formula is C17H17ClIN5O. The molecule has 2 heterocycles. The largest absolute Gasteiger partial charge is 0.309 e. The Bertz CT molecular complexity index is 869. The van der Waals surface area contributed by atoms with Gasteiger partial charge < -0.3 is 5.32 Å². The van der Waals surface area contributed by atoms with E-state index in [1.807, 2.05) is 43.6 Å². The fourth-order valence-corrected chi connectivity index (χ4v) is 3.01. The van der Waals surface area contributed by atoms with Crippen LogP contribution in [0.4, 0.5) is 5.82 Å². The minimum Gasteiger partial charge on any atom is -0.309 e. The van der Waals surface area contributed by atoms with E-state index in [2.05, 4.69) is 38.1 Å². The molecule has 130 valence electrons. The average Bonchev–Trinajstić information content (AvgIpc) is 3.12. The lowest BCUT2D eigenvalue weighted by Crippen LogP contribution is -2.15. The molecule has 3 aromatic rings. The highest BCUT2D eigenvalue weighted by atomic mass is 127. The van der Waals surface area contributed by atoms with Crippen LogP contribution in [0.2, 0.25) is 5.02 Å². The quantitative estimate of drug-likeness (QED) is 0.560. The molecule has 8 heteroatoms. The molecular weight excluding hydrogens is 453 g/mol. The number of benzene rings is 1. The van der Waals surface area contributed by atoms with Crippen LogP contribution in [0.5, 0.6) is 0 Å². The smallest absolute Gasteiger partial charge is 0.227 e. The number of hydrogen-bond acceptors (Lipinski definition) is 3. The van der Waals surface area contributed by atoms with Crippen molar-refractivity contribution in [2.75, 3.05) is 5.32 Å². The fraction of sp³-hybridized carbons (Fsp3) is 0.235. The topological polar surface area (TPSA) is 64.7 Å². The maximum atomic E-state index is 12.1. The van der Waals surface area contributed by atoms with Crippen LogP contribution in [0.15, 0.2) is 42.7 Å². The van der Waals surface area contributed by atoms with Crippen LogP contribution >= 0.6 is 34.2 Å². The fourth-order valence-electron chi connectivity index (χ4n) is 2.37. The molecule has 0 saturated heterocycles. The lowest BCUT2D eigenvalue weighted by molar-refractivity contribution is -0.116. The Morgan fingerprint density at radius 2 is 2.12 bits per heavy atom. The number of anilines is 1. The molecule has 0 aliphatic rings. The lowest BCUT2D eigenvalue weighted by Gasteiger charge is -2.04. The molecule has 1 aromatic carbocycles. The van der Waals surface area contributed by atoms with Crippen LogP contribution in [-0.2, 0) is 17.9 Å². The van der Waals surface area contributed by atoms with Gasteiger partial charge in [0.1, 0.15) is 0 Å². The Hall–Kier alpha value is -1.87. The summed E-state index contributed by atoms with van der Waals surface area (Å²) in [6, 6.07) is 9.40. The molecule has 0 spiro atoms. The van der Waals surface area contributed by atoms with Gasteiger partial charge in [-0.2, -0.15) is 10.2 Å². The molecule has 2 aromatic heterocycles. The number of halogens is 2. The van der Waals surface area contributed by atoms with Gasteiger partial charge in [0.2, 0.25) is 5.91 Å². The van der Waals surface area contributed by atoms with E-state index in [9.17, 15) is 4.79 Å². The monoisotopic (exact) mass is 469 g/mol. The number of aryl methyl sites for hydroxylation is 2. The lowest BCUT2D eigenvalue weighted by atomic mass is 10.2. The Labute approximate surface area is 164 Å². The van der Waals surface area contributed by atoms with Crippen LogP contribution in [0, 0.1) is 10.5 Å². The van der Waals surface area contributed by atoms with Gasteiger partial charge >= 0.3 is 0 Å². The molecule has 0 bridgehead atoms. The standard InChI is InChI=1S/C17H17ClIN5O/c1-12-15(19)11-24(21-12)8-6-17(25)20-16-5-7-23(22-16)10-13-3-2-4-14(18)9-13/h2-5,7,9,11H,6,8,10H2,1H3,(H,20,22,25). The molecule has 0 atom stereocenters. The second kappa shape index (κ2) is 8.01. The molecule has 0 unspecified atom stereocenters. The average molecular weight is 470 g/mol. The number of carbonyl (C=O) groups is 1. The van der Waals surface area contributed by atoms with Crippen molar-refractivity contribution in [3.8, 4) is 0 Å². The molecule has 0 fully saturated rings. The molecule has 0 aliphatic heterocycles. The number of nitrogens with one attached hydrogen (secondary N) is 1. The van der Waals surface area contributed by atoms with Crippen LogP contribution in [-0.4, -0.2) is 25.5 Å². The first-order valence-electron chi connectivity index (χ1n) is 7.77. The molecule has 25 heavy (non-hydrogen) atoms. The number of rotatable bonds is 6. The maximum Gasteiger partial charge on any atom is 0.227 e. The Balaban J connectivity index is 1.53. The van der Waals surface area contributed by atoms with Crippen molar-refractivity contribution in [1.82, 2.24) is 19.6 Å². The number of amides is 1. The first kappa shape index (κ1) is 17.9. The van der Waals surface area contributed by atoms with E-state index in [1.54, 1.807) is 15.4 Å². The summed E-state index contributed by atoms with van der Waals surface area (Å²) in [5, 5.41) is 12.2. The van der Waals surface area contributed by atoms with Gasteiger partial charge in [-0.05, 0) is 47.2 Å². The van der Waals surface area contributed by atoms with E-state index >= 15 is 0 Å². The summed E-state index contributed by atoms with van der Waals surface area (Å²) < 4.78 is 4.65. The highest BCUT2D eigenvalue weighted by molar-refractivity contribution is 14.1. The summed E-state index contributed by atoms with van der Waals surface area (Å²) in [6.45, 7) is 3.09. The predicted octanol–water partition coefficient (Wildman–Crippen LogP) is 3.72. The van der Waals surface area contributed by atoms with E-state index in [4.69, 9.17) is 11.6 Å². The second-order valence-corrected chi connectivity index (χ2v) is 7.25. The van der Waals surface area contributed by atoms with Crippen LogP contribution in [0.3, 0.4) is 0 Å². The van der Waals surface area contributed by atoms with Crippen molar-refractivity contribution in [1.29, 1.82) is 0 Å². The van der Waals surface area contributed by atoms with Crippen LogP contribution in [0.1, 0.15) is 17.7 Å². The van der Waals surface area contributed by atoms with Crippen molar-refractivity contribution in [2.24, 2.45) is 0 Å². The maximum absolute atomic E-state index is 12.1. The SMILES string of the molecule is Cc1nn(CCC(=O)Nc2ccn(Cc3cccc(Cl)c3)n2)cc1I. The summed E-state index contributed by atoms with van der Waals surface area (Å²) in [6.07, 6.45) is 4.11. The minimum atomic E-state index is -0.0869. The summed E-state index contributed by atoms with van der Waals surface area (Å²) in [5.41, 5.74) is 2.03. The van der Waals surface area contributed by atoms with Crippen molar-refractivity contribution >= 4 is 45.9 Å². The van der Waals surface area contributed by atoms with Gasteiger partial charge in [-0.15, -0.1) is 0 Å². The van der Waals surface area contributed by atoms with E-state index < -0.39 is 0 Å². The summed E-state index contributed by atoms with van der Waals surface area (Å²) in [7, 11) is 0. The Morgan fingerprint density at radius 1 is 1.28 bits per heavy atom. The first-order valence-corrected chi connectivity index (χ1v) is 9.22. The zero-order chi connectivity index (χ0) is 17.8. The normalized spacial score (nSPS) is 10.8. The van der Waals surface area contributed by atoms with E-state index in [0.717, 1.165) is 14.8 Å². The van der Waals surface area contributed by atoms with Gasteiger partial charge in [0.05, 0.1) is 15.8 Å². The molecule has 1 N–H and O–H groups in total. The highest BCUT2D eigenvalue weighted by Gasteiger charge is 2.08. The molecule has 3 rings (SSSR count). The summed E-state index contributed by atoms with van der Waals surface area (Å²) in [4.78, 5) is 12.1. The molecule has 6 nitrogen and oxygen atoms in total. The van der Waals surface area contributed by atoms with Crippen molar-refractivity contribution < 1.29 is 4.79 Å². The van der Waals surface area contributed by atoms with Crippen molar-refractivity contribution in [2.45, 2.75) is 26.4 Å². The van der Waals surface area contributed by atoms with Crippen molar-refractivity contribution in [3.05, 3.63) is 62.6 Å². The van der Waals surface area contributed by atoms with Gasteiger partial charge in [-0.25, -0.2) is 0 Å². The van der Waals surface area contributed by atoms with E-state index in [1.165, 1.54) is 0 Å². The Morgan fingerprint density at radius 3 is 2.84 bits per heavy atom. The number of hydrogen-bond donors (Lipinski definition) is 1. The number of nitrogens with zero attached hydrogens (tertiary/aromatic N) is 4. The van der Waals surface area contributed by atoms with Crippen LogP contribution < -0.4 is 5.32 Å². The summed E-state index contributed by atoms with van der Waals surface area (Å²) in [5.74, 6) is 0.453. The second-order valence-electron chi connectivity index (χ2n) is 5.65. The third-order valence-electron chi connectivity index (χ3n) is 3.60. The van der Waals surface area contributed by atoms with Crippen LogP contribution in [0.25, 0.3) is 0 Å². The molecule has 0 saturated carbocycles. The van der Waals surface area contributed by atoms with Crippen molar-refractivity contribution in [3.63, 3.8) is 0 Å². The van der Waals surface area contributed by atoms with Gasteiger partial charge in [0.15, 0.2) is 5.82 Å². The summed E-state index contributed by atoms with van der Waals surface area (Å²) >= 11 is 8.22. The third kappa shape index (κ3) is 5.05. The zero-order valence-corrected chi connectivity index (χ0v) is 16.5. The highest BCUT2D eigenvalue weighted by Crippen LogP contribution is 2.13. The third-order valence-corrected chi connectivity index (χ3v) is 4.89. The molecule has 0 radical (unpaired) electrons. The van der Waals surface area contributed by atoms with Gasteiger partial charge in [-0.1, -0.05) is 23.7 Å². The van der Waals surface area contributed by atoms with Gasteiger partial charge in [-0.3, -0.25) is 14.2 Å². The Kier molecular flexibility index (Phi) is 5.74. The number of carbonyl (C=O) groups excluding carboxylic acids is 1. The van der Waals surface area contributed by atoms with E-state index in [-0.39, 0.29) is 5.91 Å². The molecule has 1 amide bonds. The predicted molar refractivity (Wildman–Crippen MR) is 106 cm³/mol. The molecule has 0 aliphatic carbocycles. The zero-order valence-electron chi connectivity index (χ0n) is 13.6. The van der Waals surface area contributed by atoms with Gasteiger partial charge in [0, 0.05) is 36.4 Å². The van der Waals surface area contributed by atoms with E-state index in [0.29, 0.717) is 30.4 Å². The number of aromatic nitrogens is 4. The minimum absolute atomic E-state index is 0.0869. The first-order chi connectivity index (χ1) is 12.0.